The van der Waals surface area contributed by atoms with Crippen LogP contribution in [0, 0.1) is 0 Å². The Morgan fingerprint density at radius 2 is 2.69 bits per heavy atom. The molecule has 0 aromatic heterocycles. The molecule has 0 amide bonds. The zero-order chi connectivity index (χ0) is 11.6. The monoisotopic (exact) mass is 242 g/mol. The number of nitrogens with one attached hydrogen (secondary N) is 1. The first-order valence-electron chi connectivity index (χ1n) is 5.00. The molecule has 0 radical (unpaired) electrons. The van der Waals surface area contributed by atoms with Crippen molar-refractivity contribution in [3.8, 4) is 0 Å². The highest BCUT2D eigenvalue weighted by atomic mass is 32.2. The summed E-state index contributed by atoms with van der Waals surface area (Å²) in [6.45, 7) is 2.24. The number of thioether (sulfide) groups is 1. The zero-order valence-electron chi connectivity index (χ0n) is 9.23. The molecule has 0 saturated carbocycles. The number of nitrogens with zero attached hydrogens (tertiary/aromatic N) is 1. The van der Waals surface area contributed by atoms with Crippen LogP contribution in [-0.2, 0) is 14.3 Å². The fourth-order valence-electron chi connectivity index (χ4n) is 1.68. The van der Waals surface area contributed by atoms with E-state index in [0.717, 1.165) is 5.17 Å². The molecule has 6 heteroatoms. The van der Waals surface area contributed by atoms with Gasteiger partial charge in [0.2, 0.25) is 0 Å². The van der Waals surface area contributed by atoms with E-state index < -0.39 is 5.54 Å². The van der Waals surface area contributed by atoms with Gasteiger partial charge in [-0.1, -0.05) is 23.9 Å². The molecule has 2 atom stereocenters. The Morgan fingerprint density at radius 1 is 1.88 bits per heavy atom. The summed E-state index contributed by atoms with van der Waals surface area (Å²) in [6.07, 6.45) is 3.92. The van der Waals surface area contributed by atoms with E-state index in [1.807, 2.05) is 12.2 Å². The van der Waals surface area contributed by atoms with Crippen molar-refractivity contribution < 1.29 is 14.3 Å². The molecule has 2 aliphatic heterocycles. The van der Waals surface area contributed by atoms with Crippen molar-refractivity contribution in [2.24, 2.45) is 4.99 Å². The van der Waals surface area contributed by atoms with Crippen LogP contribution in [0.5, 0.6) is 0 Å². The van der Waals surface area contributed by atoms with Crippen molar-refractivity contribution in [2.75, 3.05) is 20.3 Å². The molecule has 0 aromatic rings. The number of aliphatic imine (C=N–C) groups is 1. The van der Waals surface area contributed by atoms with E-state index in [2.05, 4.69) is 10.3 Å². The van der Waals surface area contributed by atoms with Crippen LogP contribution in [0.4, 0.5) is 0 Å². The van der Waals surface area contributed by atoms with Crippen LogP contribution < -0.4 is 5.32 Å². The number of fused-ring (bicyclic) bond motifs is 1. The van der Waals surface area contributed by atoms with Crippen LogP contribution in [0.15, 0.2) is 17.1 Å². The van der Waals surface area contributed by atoms with Gasteiger partial charge in [-0.05, 0) is 0 Å². The number of ether oxygens (including phenoxy) is 2. The molecule has 2 heterocycles. The van der Waals surface area contributed by atoms with Gasteiger partial charge < -0.3 is 14.8 Å². The molecule has 0 spiro atoms. The number of amidine groups is 1. The Morgan fingerprint density at radius 3 is 3.38 bits per heavy atom. The van der Waals surface area contributed by atoms with Crippen molar-refractivity contribution in [3.05, 3.63) is 12.2 Å². The fourth-order valence-corrected chi connectivity index (χ4v) is 2.80. The predicted molar refractivity (Wildman–Crippen MR) is 62.3 cm³/mol. The highest BCUT2D eigenvalue weighted by molar-refractivity contribution is 8.14. The number of carbonyl (C=O) groups excluding carboxylic acids is 1. The lowest BCUT2D eigenvalue weighted by molar-refractivity contribution is -0.143. The summed E-state index contributed by atoms with van der Waals surface area (Å²) in [5, 5.41) is 4.04. The summed E-state index contributed by atoms with van der Waals surface area (Å²) in [7, 11) is 1.72. The summed E-state index contributed by atoms with van der Waals surface area (Å²) in [6, 6.07) is 0. The molecule has 88 valence electrons. The van der Waals surface area contributed by atoms with Crippen LogP contribution in [0.3, 0.4) is 0 Å². The highest BCUT2D eigenvalue weighted by Gasteiger charge is 2.47. The average Bonchev–Trinajstić information content (AvgIpc) is 2.65. The van der Waals surface area contributed by atoms with Gasteiger partial charge in [-0.25, -0.2) is 0 Å². The Hall–Kier alpha value is -1.01. The second-order valence-electron chi connectivity index (χ2n) is 3.66. The van der Waals surface area contributed by atoms with Crippen LogP contribution in [-0.4, -0.2) is 42.4 Å². The Bertz CT molecular complexity index is 356. The van der Waals surface area contributed by atoms with Crippen LogP contribution in [0.1, 0.15) is 6.92 Å². The third kappa shape index (κ3) is 2.08. The van der Waals surface area contributed by atoms with E-state index in [-0.39, 0.29) is 18.0 Å². The van der Waals surface area contributed by atoms with Crippen molar-refractivity contribution in [1.82, 2.24) is 5.32 Å². The standard InChI is InChI=1S/C10H14N2O3S/c1-7(13)15-6-10-4-3-5-14-8(10)16-9(11-2)12-10/h3-4,8H,5-6H2,1-2H3,(H,11,12). The minimum Gasteiger partial charge on any atom is -0.463 e. The molecule has 5 nitrogen and oxygen atoms in total. The average molecular weight is 242 g/mol. The number of esters is 1. The topological polar surface area (TPSA) is 59.9 Å². The molecule has 1 saturated heterocycles. The Labute approximate surface area is 98.3 Å². The molecule has 2 rings (SSSR count). The van der Waals surface area contributed by atoms with Gasteiger partial charge in [-0.15, -0.1) is 0 Å². The molecule has 0 bridgehead atoms. The maximum atomic E-state index is 10.9. The molecule has 1 N–H and O–H groups in total. The van der Waals surface area contributed by atoms with Crippen molar-refractivity contribution in [2.45, 2.75) is 17.9 Å². The lowest BCUT2D eigenvalue weighted by atomic mass is 10.00. The number of carbonyl (C=O) groups is 1. The van der Waals surface area contributed by atoms with Gasteiger partial charge in [-0.2, -0.15) is 0 Å². The molecule has 0 aromatic carbocycles. The van der Waals surface area contributed by atoms with E-state index in [0.29, 0.717) is 6.61 Å². The number of rotatable bonds is 2. The summed E-state index contributed by atoms with van der Waals surface area (Å²) >= 11 is 1.52. The van der Waals surface area contributed by atoms with Crippen molar-refractivity contribution in [3.63, 3.8) is 0 Å². The summed E-state index contributed by atoms with van der Waals surface area (Å²) in [5.41, 5.74) is -0.556. The zero-order valence-corrected chi connectivity index (χ0v) is 10.0. The van der Waals surface area contributed by atoms with Gasteiger partial charge in [0, 0.05) is 14.0 Å². The molecular formula is C10H14N2O3S. The van der Waals surface area contributed by atoms with E-state index in [1.54, 1.807) is 7.05 Å². The quantitative estimate of drug-likeness (QED) is 0.565. The van der Waals surface area contributed by atoms with Gasteiger partial charge in [0.15, 0.2) is 5.17 Å². The maximum Gasteiger partial charge on any atom is 0.302 e. The van der Waals surface area contributed by atoms with Crippen LogP contribution in [0.25, 0.3) is 0 Å². The highest BCUT2D eigenvalue weighted by Crippen LogP contribution is 2.36. The minimum absolute atomic E-state index is 0.0875. The van der Waals surface area contributed by atoms with Crippen LogP contribution >= 0.6 is 11.8 Å². The van der Waals surface area contributed by atoms with Gasteiger partial charge in [-0.3, -0.25) is 9.79 Å². The van der Waals surface area contributed by atoms with E-state index in [4.69, 9.17) is 9.47 Å². The second kappa shape index (κ2) is 4.47. The maximum absolute atomic E-state index is 10.9. The number of hydrogen-bond acceptors (Lipinski definition) is 5. The third-order valence-corrected chi connectivity index (χ3v) is 3.73. The Balaban J connectivity index is 2.16. The molecular weight excluding hydrogens is 228 g/mol. The van der Waals surface area contributed by atoms with Crippen molar-refractivity contribution >= 4 is 22.9 Å². The van der Waals surface area contributed by atoms with Crippen molar-refractivity contribution in [1.29, 1.82) is 0 Å². The van der Waals surface area contributed by atoms with Gasteiger partial charge in [0.05, 0.1) is 6.61 Å². The normalized spacial score (nSPS) is 34.6. The van der Waals surface area contributed by atoms with Gasteiger partial charge >= 0.3 is 5.97 Å². The van der Waals surface area contributed by atoms with Gasteiger partial charge in [0.25, 0.3) is 0 Å². The Kier molecular flexibility index (Phi) is 3.20. The first-order valence-corrected chi connectivity index (χ1v) is 5.88. The number of hydrogen-bond donors (Lipinski definition) is 1. The first kappa shape index (κ1) is 11.5. The summed E-state index contributed by atoms with van der Waals surface area (Å²) in [4.78, 5) is 15.0. The molecule has 2 unspecified atom stereocenters. The summed E-state index contributed by atoms with van der Waals surface area (Å²) in [5.74, 6) is -0.291. The first-order chi connectivity index (χ1) is 7.66. The molecule has 1 fully saturated rings. The van der Waals surface area contributed by atoms with Crippen LogP contribution in [0.2, 0.25) is 0 Å². The lowest BCUT2D eigenvalue weighted by Crippen LogP contribution is -2.53. The molecule has 0 aliphatic carbocycles. The van der Waals surface area contributed by atoms with E-state index in [9.17, 15) is 4.79 Å². The second-order valence-corrected chi connectivity index (χ2v) is 4.71. The largest absolute Gasteiger partial charge is 0.463 e. The predicted octanol–water partition coefficient (Wildman–Crippen LogP) is 0.523. The van der Waals surface area contributed by atoms with Gasteiger partial charge in [0.1, 0.15) is 17.6 Å². The molecule has 16 heavy (non-hydrogen) atoms. The smallest absolute Gasteiger partial charge is 0.302 e. The summed E-state index contributed by atoms with van der Waals surface area (Å²) < 4.78 is 10.7. The van der Waals surface area contributed by atoms with E-state index >= 15 is 0 Å². The van der Waals surface area contributed by atoms with E-state index in [1.165, 1.54) is 18.7 Å². The minimum atomic E-state index is -0.469. The third-order valence-electron chi connectivity index (χ3n) is 2.46. The SMILES string of the molecule is CN=C1NC2(COC(C)=O)C=CCOC2S1. The lowest BCUT2D eigenvalue weighted by Gasteiger charge is -2.32. The molecule has 2 aliphatic rings. The fraction of sp³-hybridized carbons (Fsp3) is 0.600.